The monoisotopic (exact) mass is 410 g/mol. The summed E-state index contributed by atoms with van der Waals surface area (Å²) in [6, 6.07) is 11.6. The highest BCUT2D eigenvalue weighted by Gasteiger charge is 2.28. The Bertz CT molecular complexity index is 990. The first-order valence-corrected chi connectivity index (χ1v) is 10.5. The van der Waals surface area contributed by atoms with Crippen molar-refractivity contribution < 1.29 is 14.1 Å². The number of benzene rings is 1. The molecule has 2 amide bonds. The third-order valence-corrected chi connectivity index (χ3v) is 5.94. The van der Waals surface area contributed by atoms with Gasteiger partial charge in [-0.15, -0.1) is 11.3 Å². The second-order valence-corrected chi connectivity index (χ2v) is 8.01. The van der Waals surface area contributed by atoms with Gasteiger partial charge < -0.3 is 14.7 Å². The van der Waals surface area contributed by atoms with E-state index in [0.29, 0.717) is 43.9 Å². The van der Waals surface area contributed by atoms with Crippen LogP contribution in [0.25, 0.3) is 10.6 Å². The van der Waals surface area contributed by atoms with Crippen molar-refractivity contribution in [2.45, 2.75) is 26.2 Å². The number of nitrogens with one attached hydrogen (secondary N) is 1. The van der Waals surface area contributed by atoms with Gasteiger partial charge in [0.15, 0.2) is 5.82 Å². The molecule has 0 spiro atoms. The summed E-state index contributed by atoms with van der Waals surface area (Å²) in [5.74, 6) is 0.945. The van der Waals surface area contributed by atoms with E-state index in [4.69, 9.17) is 4.52 Å². The fourth-order valence-corrected chi connectivity index (χ4v) is 4.24. The van der Waals surface area contributed by atoms with Gasteiger partial charge in [0.1, 0.15) is 10.8 Å². The topological polar surface area (TPSA) is 88.3 Å². The second-order valence-electron chi connectivity index (χ2n) is 7.15. The van der Waals surface area contributed by atoms with E-state index in [0.717, 1.165) is 16.3 Å². The standard InChI is InChI=1S/C21H22N4O3S/c1-14-11-18(24-28-14)23-20(27)15-7-9-25(10-8-15)19(26)12-17-13-29-21(22-17)16-5-3-2-4-6-16/h2-6,11,13,15H,7-10,12H2,1H3,(H,23,24,27). The number of carbonyl (C=O) groups excluding carboxylic acids is 2. The molecule has 0 bridgehead atoms. The first kappa shape index (κ1) is 19.3. The lowest BCUT2D eigenvalue weighted by Crippen LogP contribution is -2.42. The van der Waals surface area contributed by atoms with Gasteiger partial charge in [-0.2, -0.15) is 0 Å². The minimum Gasteiger partial charge on any atom is -0.360 e. The van der Waals surface area contributed by atoms with Crippen molar-refractivity contribution in [1.29, 1.82) is 0 Å². The lowest BCUT2D eigenvalue weighted by molar-refractivity contribution is -0.133. The van der Waals surface area contributed by atoms with Gasteiger partial charge in [0, 0.05) is 36.0 Å². The smallest absolute Gasteiger partial charge is 0.228 e. The number of nitrogens with zero attached hydrogens (tertiary/aromatic N) is 3. The number of piperidine rings is 1. The van der Waals surface area contributed by atoms with Crippen molar-refractivity contribution >= 4 is 29.0 Å². The molecule has 150 valence electrons. The Morgan fingerprint density at radius 3 is 2.69 bits per heavy atom. The summed E-state index contributed by atoms with van der Waals surface area (Å²) < 4.78 is 4.97. The first-order chi connectivity index (χ1) is 14.1. The molecule has 3 aromatic rings. The van der Waals surface area contributed by atoms with Crippen molar-refractivity contribution in [3.8, 4) is 10.6 Å². The third kappa shape index (κ3) is 4.71. The van der Waals surface area contributed by atoms with Crippen LogP contribution in [0.2, 0.25) is 0 Å². The Hall–Kier alpha value is -3.00. The van der Waals surface area contributed by atoms with Gasteiger partial charge in [-0.3, -0.25) is 9.59 Å². The summed E-state index contributed by atoms with van der Waals surface area (Å²) in [7, 11) is 0. The second kappa shape index (κ2) is 8.57. The van der Waals surface area contributed by atoms with E-state index >= 15 is 0 Å². The lowest BCUT2D eigenvalue weighted by Gasteiger charge is -2.31. The van der Waals surface area contributed by atoms with Crippen LogP contribution in [0.3, 0.4) is 0 Å². The summed E-state index contributed by atoms with van der Waals surface area (Å²) in [6.45, 7) is 2.92. The molecule has 1 aromatic carbocycles. The summed E-state index contributed by atoms with van der Waals surface area (Å²) in [5, 5.41) is 9.43. The molecule has 0 saturated carbocycles. The molecule has 7 nitrogen and oxygen atoms in total. The number of aromatic nitrogens is 2. The molecule has 1 aliphatic heterocycles. The molecular formula is C21H22N4O3S. The van der Waals surface area contributed by atoms with Gasteiger partial charge in [-0.1, -0.05) is 35.5 Å². The van der Waals surface area contributed by atoms with E-state index in [-0.39, 0.29) is 17.7 Å². The zero-order valence-corrected chi connectivity index (χ0v) is 16.9. The van der Waals surface area contributed by atoms with Crippen molar-refractivity contribution in [3.05, 3.63) is 53.2 Å². The Balaban J connectivity index is 1.28. The highest BCUT2D eigenvalue weighted by molar-refractivity contribution is 7.13. The van der Waals surface area contributed by atoms with Crippen LogP contribution in [0.15, 0.2) is 46.3 Å². The molecule has 29 heavy (non-hydrogen) atoms. The van der Waals surface area contributed by atoms with Crippen molar-refractivity contribution in [3.63, 3.8) is 0 Å². The highest BCUT2D eigenvalue weighted by Crippen LogP contribution is 2.24. The molecule has 1 saturated heterocycles. The molecule has 1 aliphatic rings. The predicted molar refractivity (Wildman–Crippen MR) is 110 cm³/mol. The molecule has 1 N–H and O–H groups in total. The van der Waals surface area contributed by atoms with Crippen LogP contribution in [0.4, 0.5) is 5.82 Å². The first-order valence-electron chi connectivity index (χ1n) is 9.60. The zero-order chi connectivity index (χ0) is 20.2. The Morgan fingerprint density at radius 1 is 1.24 bits per heavy atom. The summed E-state index contributed by atoms with van der Waals surface area (Å²) in [6.07, 6.45) is 1.57. The van der Waals surface area contributed by atoms with Crippen LogP contribution < -0.4 is 5.32 Å². The summed E-state index contributed by atoms with van der Waals surface area (Å²) >= 11 is 1.55. The summed E-state index contributed by atoms with van der Waals surface area (Å²) in [5.41, 5.74) is 1.85. The molecule has 0 radical (unpaired) electrons. The van der Waals surface area contributed by atoms with E-state index in [9.17, 15) is 9.59 Å². The number of anilines is 1. The molecular weight excluding hydrogens is 388 g/mol. The summed E-state index contributed by atoms with van der Waals surface area (Å²) in [4.78, 5) is 31.5. The van der Waals surface area contributed by atoms with Gasteiger partial charge in [0.25, 0.3) is 0 Å². The number of likely N-dealkylation sites (tertiary alicyclic amines) is 1. The number of hydrogen-bond acceptors (Lipinski definition) is 6. The lowest BCUT2D eigenvalue weighted by atomic mass is 9.95. The Morgan fingerprint density at radius 2 is 2.00 bits per heavy atom. The van der Waals surface area contributed by atoms with Crippen LogP contribution in [0, 0.1) is 12.8 Å². The fourth-order valence-electron chi connectivity index (χ4n) is 3.41. The highest BCUT2D eigenvalue weighted by atomic mass is 32.1. The maximum absolute atomic E-state index is 12.7. The average Bonchev–Trinajstić information content (AvgIpc) is 3.37. The predicted octanol–water partition coefficient (Wildman–Crippen LogP) is 3.53. The zero-order valence-electron chi connectivity index (χ0n) is 16.1. The van der Waals surface area contributed by atoms with Gasteiger partial charge in [-0.25, -0.2) is 4.98 Å². The van der Waals surface area contributed by atoms with E-state index in [1.807, 2.05) is 40.6 Å². The minimum atomic E-state index is -0.125. The molecule has 3 heterocycles. The maximum atomic E-state index is 12.7. The SMILES string of the molecule is Cc1cc(NC(=O)C2CCN(C(=O)Cc3csc(-c4ccccc4)n3)CC2)no1. The molecule has 0 unspecified atom stereocenters. The van der Waals surface area contributed by atoms with Crippen molar-refractivity contribution in [1.82, 2.24) is 15.0 Å². The number of aryl methyl sites for hydroxylation is 1. The molecule has 0 atom stereocenters. The van der Waals surface area contributed by atoms with E-state index in [1.54, 1.807) is 24.3 Å². The third-order valence-electron chi connectivity index (χ3n) is 5.00. The van der Waals surface area contributed by atoms with Crippen LogP contribution >= 0.6 is 11.3 Å². The van der Waals surface area contributed by atoms with Gasteiger partial charge >= 0.3 is 0 Å². The number of amides is 2. The van der Waals surface area contributed by atoms with Gasteiger partial charge in [-0.05, 0) is 19.8 Å². The van der Waals surface area contributed by atoms with E-state index in [1.165, 1.54) is 0 Å². The number of rotatable bonds is 5. The number of hydrogen-bond donors (Lipinski definition) is 1. The van der Waals surface area contributed by atoms with Crippen molar-refractivity contribution in [2.75, 3.05) is 18.4 Å². The van der Waals surface area contributed by atoms with Gasteiger partial charge in [0.05, 0.1) is 12.1 Å². The van der Waals surface area contributed by atoms with Crippen LogP contribution in [-0.2, 0) is 16.0 Å². The average molecular weight is 410 g/mol. The maximum Gasteiger partial charge on any atom is 0.228 e. The van der Waals surface area contributed by atoms with E-state index in [2.05, 4.69) is 15.5 Å². The molecule has 4 rings (SSSR count). The van der Waals surface area contributed by atoms with Crippen molar-refractivity contribution in [2.24, 2.45) is 5.92 Å². The Labute approximate surface area is 172 Å². The van der Waals surface area contributed by atoms with E-state index < -0.39 is 0 Å². The normalized spacial score (nSPS) is 14.7. The minimum absolute atomic E-state index is 0.0564. The number of carbonyl (C=O) groups is 2. The number of thiazole rings is 1. The van der Waals surface area contributed by atoms with Crippen LogP contribution in [-0.4, -0.2) is 39.9 Å². The molecule has 8 heteroatoms. The van der Waals surface area contributed by atoms with Crippen LogP contribution in [0.1, 0.15) is 24.3 Å². The van der Waals surface area contributed by atoms with Crippen LogP contribution in [0.5, 0.6) is 0 Å². The Kier molecular flexibility index (Phi) is 5.71. The molecule has 2 aromatic heterocycles. The quantitative estimate of drug-likeness (QED) is 0.695. The molecule has 1 fully saturated rings. The molecule has 0 aliphatic carbocycles. The van der Waals surface area contributed by atoms with Gasteiger partial charge in [0.2, 0.25) is 11.8 Å². The fraction of sp³-hybridized carbons (Fsp3) is 0.333. The largest absolute Gasteiger partial charge is 0.360 e.